The third kappa shape index (κ3) is 9.88. The summed E-state index contributed by atoms with van der Waals surface area (Å²) < 4.78 is 0. The number of carboxylic acids is 1. The van der Waals surface area contributed by atoms with Crippen LogP contribution in [-0.4, -0.2) is 17.2 Å². The van der Waals surface area contributed by atoms with E-state index < -0.39 is 11.8 Å². The Morgan fingerprint density at radius 1 is 1.38 bits per heavy atom. The molecule has 42 valence electrons. The molecule has 0 amide bonds. The maximum atomic E-state index is 9.48. The van der Waals surface area contributed by atoms with E-state index in [1.807, 2.05) is 0 Å². The van der Waals surface area contributed by atoms with Crippen LogP contribution in [0, 0.1) is 0 Å². The van der Waals surface area contributed by atoms with Crippen molar-refractivity contribution in [3.8, 4) is 0 Å². The van der Waals surface area contributed by atoms with E-state index in [1.54, 1.807) is 0 Å². The minimum atomic E-state index is -1.63. The predicted octanol–water partition coefficient (Wildman–Crippen LogP) is -5.50. The van der Waals surface area contributed by atoms with E-state index in [-0.39, 0.29) is 56.9 Å². The van der Waals surface area contributed by atoms with Crippen LogP contribution in [0.4, 0.5) is 0 Å². The van der Waals surface area contributed by atoms with Gasteiger partial charge in [0.15, 0.2) is 5.78 Å². The standard InChI is InChI=1S/C3H4O3.K.H2O/c1-2(4)3(5)6;;/h1H3,(H,5,6);;1H2/q;+1;/p-1. The average molecular weight is 144 g/mol. The van der Waals surface area contributed by atoms with Crippen molar-refractivity contribution >= 4 is 11.8 Å². The molecule has 0 aromatic heterocycles. The molecular weight excluding hydrogens is 139 g/mol. The third-order valence-corrected chi connectivity index (χ3v) is 0.287. The first kappa shape index (κ1) is 15.9. The number of Topliss-reactive ketones (excluding diaryl/α,β-unsaturated/α-hetero) is 1. The van der Waals surface area contributed by atoms with E-state index in [0.29, 0.717) is 0 Å². The van der Waals surface area contributed by atoms with Crippen molar-refractivity contribution in [3.63, 3.8) is 0 Å². The molecule has 0 saturated heterocycles. The van der Waals surface area contributed by atoms with Crippen molar-refractivity contribution in [1.82, 2.24) is 0 Å². The molecule has 0 aromatic carbocycles. The Morgan fingerprint density at radius 3 is 1.50 bits per heavy atom. The van der Waals surface area contributed by atoms with E-state index in [1.165, 1.54) is 0 Å². The summed E-state index contributed by atoms with van der Waals surface area (Å²) in [4.78, 5) is 18.7. The summed E-state index contributed by atoms with van der Waals surface area (Å²) in [6.45, 7) is 0.940. The minimum Gasteiger partial charge on any atom is -0.542 e. The van der Waals surface area contributed by atoms with Crippen molar-refractivity contribution in [2.45, 2.75) is 6.92 Å². The molecule has 4 nitrogen and oxygen atoms in total. The SMILES string of the molecule is CC(=O)C(=O)[O-].O.[K+]. The third-order valence-electron chi connectivity index (χ3n) is 0.287. The zero-order chi connectivity index (χ0) is 5.15. The second kappa shape index (κ2) is 7.74. The molecule has 0 atom stereocenters. The Morgan fingerprint density at radius 2 is 1.50 bits per heavy atom. The Bertz CT molecular complexity index is 77.3. The monoisotopic (exact) mass is 144 g/mol. The van der Waals surface area contributed by atoms with E-state index in [9.17, 15) is 14.7 Å². The Kier molecular flexibility index (Phi) is 15.4. The van der Waals surface area contributed by atoms with Crippen LogP contribution in [-0.2, 0) is 9.59 Å². The summed E-state index contributed by atoms with van der Waals surface area (Å²) in [7, 11) is 0. The molecular formula is C3H5KO4. The van der Waals surface area contributed by atoms with Gasteiger partial charge in [0.2, 0.25) is 0 Å². The van der Waals surface area contributed by atoms with Crippen LogP contribution in [0.5, 0.6) is 0 Å². The summed E-state index contributed by atoms with van der Waals surface area (Å²) in [6.07, 6.45) is 0. The molecule has 0 aliphatic heterocycles. The van der Waals surface area contributed by atoms with Gasteiger partial charge < -0.3 is 15.4 Å². The molecule has 0 fully saturated rings. The first-order chi connectivity index (χ1) is 2.64. The molecule has 0 aliphatic carbocycles. The van der Waals surface area contributed by atoms with Crippen LogP contribution in [0.2, 0.25) is 0 Å². The molecule has 0 unspecified atom stereocenters. The first-order valence-electron chi connectivity index (χ1n) is 1.36. The van der Waals surface area contributed by atoms with Gasteiger partial charge in [-0.15, -0.1) is 0 Å². The quantitative estimate of drug-likeness (QED) is 0.271. The predicted molar refractivity (Wildman–Crippen MR) is 19.3 cm³/mol. The second-order valence-electron chi connectivity index (χ2n) is 0.844. The summed E-state index contributed by atoms with van der Waals surface area (Å²) >= 11 is 0. The van der Waals surface area contributed by atoms with Crippen LogP contribution < -0.4 is 56.5 Å². The van der Waals surface area contributed by atoms with Crippen molar-refractivity contribution < 1.29 is 71.6 Å². The molecule has 0 aromatic rings. The zero-order valence-corrected chi connectivity index (χ0v) is 7.85. The number of hydrogen-bond donors (Lipinski definition) is 0. The van der Waals surface area contributed by atoms with Crippen LogP contribution in [0.1, 0.15) is 6.92 Å². The first-order valence-corrected chi connectivity index (χ1v) is 1.36. The number of ketones is 1. The molecule has 0 rings (SSSR count). The van der Waals surface area contributed by atoms with Crippen LogP contribution in [0.3, 0.4) is 0 Å². The van der Waals surface area contributed by atoms with Gasteiger partial charge in [-0.1, -0.05) is 0 Å². The number of carboxylic acid groups (broad SMARTS) is 1. The number of rotatable bonds is 1. The van der Waals surface area contributed by atoms with Gasteiger partial charge in [-0.05, 0) is 0 Å². The van der Waals surface area contributed by atoms with Crippen LogP contribution in [0.25, 0.3) is 0 Å². The molecule has 0 saturated carbocycles. The van der Waals surface area contributed by atoms with E-state index >= 15 is 0 Å². The number of hydrogen-bond acceptors (Lipinski definition) is 3. The smallest absolute Gasteiger partial charge is 0.542 e. The Balaban J connectivity index is -0.000000125. The van der Waals surface area contributed by atoms with Gasteiger partial charge in [0.05, 0.1) is 0 Å². The molecule has 0 bridgehead atoms. The van der Waals surface area contributed by atoms with E-state index in [2.05, 4.69) is 0 Å². The minimum absolute atomic E-state index is 0. The van der Waals surface area contributed by atoms with Gasteiger partial charge in [0.25, 0.3) is 0 Å². The fourth-order valence-electron chi connectivity index (χ4n) is 0. The number of carbonyl (C=O) groups is 2. The van der Waals surface area contributed by atoms with Crippen LogP contribution >= 0.6 is 0 Å². The molecule has 2 N–H and O–H groups in total. The van der Waals surface area contributed by atoms with Crippen LogP contribution in [0.15, 0.2) is 0 Å². The average Bonchev–Trinajstić information content (AvgIpc) is 1.36. The van der Waals surface area contributed by atoms with Gasteiger partial charge in [-0.25, -0.2) is 0 Å². The second-order valence-corrected chi connectivity index (χ2v) is 0.844. The van der Waals surface area contributed by atoms with Gasteiger partial charge in [0.1, 0.15) is 5.97 Å². The molecule has 5 heteroatoms. The van der Waals surface area contributed by atoms with Gasteiger partial charge in [0, 0.05) is 6.92 Å². The van der Waals surface area contributed by atoms with Crippen molar-refractivity contribution in [1.29, 1.82) is 0 Å². The largest absolute Gasteiger partial charge is 1.00 e. The van der Waals surface area contributed by atoms with Gasteiger partial charge in [-0.2, -0.15) is 0 Å². The summed E-state index contributed by atoms with van der Waals surface area (Å²) in [6, 6.07) is 0. The fourth-order valence-corrected chi connectivity index (χ4v) is 0. The van der Waals surface area contributed by atoms with Crippen molar-refractivity contribution in [2.75, 3.05) is 0 Å². The molecule has 0 spiro atoms. The zero-order valence-electron chi connectivity index (χ0n) is 4.72. The maximum Gasteiger partial charge on any atom is 1.00 e. The van der Waals surface area contributed by atoms with Crippen molar-refractivity contribution in [3.05, 3.63) is 0 Å². The summed E-state index contributed by atoms with van der Waals surface area (Å²) in [5.41, 5.74) is 0. The molecule has 0 heterocycles. The number of carbonyl (C=O) groups excluding carboxylic acids is 2. The molecule has 0 aliphatic rings. The number of aliphatic carboxylic acids is 1. The summed E-state index contributed by atoms with van der Waals surface area (Å²) in [5.74, 6) is -2.56. The van der Waals surface area contributed by atoms with Gasteiger partial charge >= 0.3 is 51.4 Å². The summed E-state index contributed by atoms with van der Waals surface area (Å²) in [5, 5.41) is 9.24. The maximum absolute atomic E-state index is 9.48. The Hall–Kier alpha value is 0.736. The molecule has 8 heavy (non-hydrogen) atoms. The van der Waals surface area contributed by atoms with Crippen molar-refractivity contribution in [2.24, 2.45) is 0 Å². The van der Waals surface area contributed by atoms with E-state index in [0.717, 1.165) is 6.92 Å². The topological polar surface area (TPSA) is 88.7 Å². The molecule has 0 radical (unpaired) electrons. The van der Waals surface area contributed by atoms with E-state index in [4.69, 9.17) is 0 Å². The van der Waals surface area contributed by atoms with Gasteiger partial charge in [-0.3, -0.25) is 4.79 Å². The normalized spacial score (nSPS) is 5.62. The fraction of sp³-hybridized carbons (Fsp3) is 0.333. The Labute approximate surface area is 89.0 Å².